The molecule has 0 aromatic carbocycles. The fourth-order valence-corrected chi connectivity index (χ4v) is 1.26. The zero-order valence-electron chi connectivity index (χ0n) is 9.05. The molecule has 0 amide bonds. The van der Waals surface area contributed by atoms with E-state index in [1.165, 1.54) is 12.7 Å². The Morgan fingerprint density at radius 1 is 1.46 bits per heavy atom. The van der Waals surface area contributed by atoms with E-state index in [4.69, 9.17) is 9.84 Å². The summed E-state index contributed by atoms with van der Waals surface area (Å²) in [4.78, 5) is 0. The van der Waals surface area contributed by atoms with Crippen LogP contribution in [-0.4, -0.2) is 18.8 Å². The summed E-state index contributed by atoms with van der Waals surface area (Å²) in [7, 11) is 1.74. The van der Waals surface area contributed by atoms with E-state index in [9.17, 15) is 0 Å². The van der Waals surface area contributed by atoms with Crippen LogP contribution >= 0.6 is 0 Å². The number of hydrogen-bond donors (Lipinski definition) is 1. The van der Waals surface area contributed by atoms with Crippen LogP contribution in [0.5, 0.6) is 0 Å². The second-order valence-electron chi connectivity index (χ2n) is 3.75. The molecular weight excluding hydrogens is 164 g/mol. The van der Waals surface area contributed by atoms with E-state index in [2.05, 4.69) is 6.92 Å². The number of hydrogen-bond acceptors (Lipinski definition) is 2. The van der Waals surface area contributed by atoms with Crippen molar-refractivity contribution in [3.63, 3.8) is 0 Å². The number of aliphatic hydroxyl groups is 1. The Labute approximate surface area is 81.6 Å². The van der Waals surface area contributed by atoms with Gasteiger partial charge in [-0.2, -0.15) is 0 Å². The van der Waals surface area contributed by atoms with Gasteiger partial charge in [0, 0.05) is 13.7 Å². The first-order valence-electron chi connectivity index (χ1n) is 4.99. The fraction of sp³-hybridized carbons (Fsp3) is 0.818. The minimum absolute atomic E-state index is 0.728. The van der Waals surface area contributed by atoms with E-state index in [1.54, 1.807) is 7.11 Å². The highest BCUT2D eigenvalue weighted by atomic mass is 16.5. The topological polar surface area (TPSA) is 29.5 Å². The molecule has 0 aromatic rings. The molecule has 78 valence electrons. The molecule has 0 heterocycles. The van der Waals surface area contributed by atoms with E-state index in [-0.39, 0.29) is 0 Å². The second kappa shape index (κ2) is 8.11. The lowest BCUT2D eigenvalue weighted by Crippen LogP contribution is -1.99. The summed E-state index contributed by atoms with van der Waals surface area (Å²) in [5.41, 5.74) is 1.07. The van der Waals surface area contributed by atoms with Crippen LogP contribution in [0.15, 0.2) is 11.8 Å². The SMILES string of the molecule is COCCC(C)CCC/C(C)=C/O. The maximum absolute atomic E-state index is 8.66. The van der Waals surface area contributed by atoms with Gasteiger partial charge in [-0.3, -0.25) is 0 Å². The Kier molecular flexibility index (Phi) is 7.80. The van der Waals surface area contributed by atoms with E-state index < -0.39 is 0 Å². The minimum atomic E-state index is 0.728. The molecule has 0 saturated heterocycles. The lowest BCUT2D eigenvalue weighted by Gasteiger charge is -2.09. The van der Waals surface area contributed by atoms with Crippen molar-refractivity contribution in [2.45, 2.75) is 39.5 Å². The Bertz CT molecular complexity index is 141. The molecule has 0 rings (SSSR count). The quantitative estimate of drug-likeness (QED) is 0.618. The number of methoxy groups -OCH3 is 1. The molecule has 13 heavy (non-hydrogen) atoms. The van der Waals surface area contributed by atoms with Gasteiger partial charge in [0.05, 0.1) is 6.26 Å². The van der Waals surface area contributed by atoms with Crippen LogP contribution in [0.3, 0.4) is 0 Å². The molecular formula is C11H22O2. The molecule has 1 unspecified atom stereocenters. The summed E-state index contributed by atoms with van der Waals surface area (Å²) < 4.78 is 5.01. The van der Waals surface area contributed by atoms with Crippen molar-refractivity contribution in [1.82, 2.24) is 0 Å². The molecule has 0 spiro atoms. The molecule has 1 atom stereocenters. The third-order valence-corrected chi connectivity index (χ3v) is 2.30. The third kappa shape index (κ3) is 7.85. The van der Waals surface area contributed by atoms with Gasteiger partial charge < -0.3 is 9.84 Å². The van der Waals surface area contributed by atoms with Crippen molar-refractivity contribution >= 4 is 0 Å². The van der Waals surface area contributed by atoms with Gasteiger partial charge in [-0.1, -0.05) is 13.3 Å². The van der Waals surface area contributed by atoms with Gasteiger partial charge in [-0.15, -0.1) is 0 Å². The first-order valence-corrected chi connectivity index (χ1v) is 4.99. The first kappa shape index (κ1) is 12.5. The standard InChI is InChI=1S/C11H22O2/c1-10(7-8-13-3)5-4-6-11(2)9-12/h9-10,12H,4-8H2,1-3H3/b11-9+. The number of rotatable bonds is 7. The van der Waals surface area contributed by atoms with Crippen molar-refractivity contribution in [3.8, 4) is 0 Å². The summed E-state index contributed by atoms with van der Waals surface area (Å²) in [6, 6.07) is 0. The molecule has 2 nitrogen and oxygen atoms in total. The molecule has 0 aliphatic rings. The van der Waals surface area contributed by atoms with Crippen molar-refractivity contribution in [1.29, 1.82) is 0 Å². The van der Waals surface area contributed by atoms with Gasteiger partial charge in [0.15, 0.2) is 0 Å². The largest absolute Gasteiger partial charge is 0.516 e. The first-order chi connectivity index (χ1) is 6.20. The summed E-state index contributed by atoms with van der Waals surface area (Å²) in [6.45, 7) is 5.06. The predicted octanol–water partition coefficient (Wildman–Crippen LogP) is 3.29. The fourth-order valence-electron chi connectivity index (χ4n) is 1.26. The summed E-state index contributed by atoms with van der Waals surface area (Å²) >= 11 is 0. The Balaban J connectivity index is 3.31. The van der Waals surface area contributed by atoms with Crippen molar-refractivity contribution in [2.75, 3.05) is 13.7 Å². The van der Waals surface area contributed by atoms with Gasteiger partial charge in [0.1, 0.15) is 0 Å². The smallest absolute Gasteiger partial charge is 0.0780 e. The average molecular weight is 186 g/mol. The van der Waals surface area contributed by atoms with Gasteiger partial charge in [0.25, 0.3) is 0 Å². The predicted molar refractivity (Wildman–Crippen MR) is 55.9 cm³/mol. The lowest BCUT2D eigenvalue weighted by atomic mass is 9.99. The summed E-state index contributed by atoms with van der Waals surface area (Å²) in [6.07, 6.45) is 5.73. The van der Waals surface area contributed by atoms with E-state index in [0.29, 0.717) is 0 Å². The van der Waals surface area contributed by atoms with Crippen molar-refractivity contribution in [2.24, 2.45) is 5.92 Å². The third-order valence-electron chi connectivity index (χ3n) is 2.30. The van der Waals surface area contributed by atoms with E-state index >= 15 is 0 Å². The van der Waals surface area contributed by atoms with Crippen molar-refractivity contribution < 1.29 is 9.84 Å². The van der Waals surface area contributed by atoms with Gasteiger partial charge in [-0.25, -0.2) is 0 Å². The van der Waals surface area contributed by atoms with Crippen LogP contribution in [0.4, 0.5) is 0 Å². The summed E-state index contributed by atoms with van der Waals surface area (Å²) in [5, 5.41) is 8.66. The summed E-state index contributed by atoms with van der Waals surface area (Å²) in [5.74, 6) is 0.728. The van der Waals surface area contributed by atoms with Crippen LogP contribution < -0.4 is 0 Å². The Morgan fingerprint density at radius 2 is 2.15 bits per heavy atom. The highest BCUT2D eigenvalue weighted by molar-refractivity contribution is 4.91. The van der Waals surface area contributed by atoms with Gasteiger partial charge in [-0.05, 0) is 37.7 Å². The van der Waals surface area contributed by atoms with Crippen LogP contribution in [0.1, 0.15) is 39.5 Å². The molecule has 0 aliphatic heterocycles. The Morgan fingerprint density at radius 3 is 2.69 bits per heavy atom. The Hall–Kier alpha value is -0.500. The molecule has 1 N–H and O–H groups in total. The molecule has 2 heteroatoms. The van der Waals surface area contributed by atoms with Crippen LogP contribution in [0.2, 0.25) is 0 Å². The van der Waals surface area contributed by atoms with Gasteiger partial charge >= 0.3 is 0 Å². The molecule has 0 radical (unpaired) electrons. The minimum Gasteiger partial charge on any atom is -0.516 e. The lowest BCUT2D eigenvalue weighted by molar-refractivity contribution is 0.178. The molecule has 0 aromatic heterocycles. The monoisotopic (exact) mass is 186 g/mol. The molecule has 0 aliphatic carbocycles. The normalized spacial score (nSPS) is 14.5. The average Bonchev–Trinajstić information content (AvgIpc) is 2.14. The van der Waals surface area contributed by atoms with E-state index in [0.717, 1.165) is 37.4 Å². The highest BCUT2D eigenvalue weighted by Crippen LogP contribution is 2.14. The number of ether oxygens (including phenoxy) is 1. The molecule has 0 bridgehead atoms. The molecule has 0 fully saturated rings. The van der Waals surface area contributed by atoms with E-state index in [1.807, 2.05) is 6.92 Å². The van der Waals surface area contributed by atoms with Gasteiger partial charge in [0.2, 0.25) is 0 Å². The highest BCUT2D eigenvalue weighted by Gasteiger charge is 2.01. The van der Waals surface area contributed by atoms with Crippen LogP contribution in [-0.2, 0) is 4.74 Å². The zero-order chi connectivity index (χ0) is 10.1. The zero-order valence-corrected chi connectivity index (χ0v) is 9.05. The maximum Gasteiger partial charge on any atom is 0.0780 e. The second-order valence-corrected chi connectivity index (χ2v) is 3.75. The van der Waals surface area contributed by atoms with Crippen LogP contribution in [0, 0.1) is 5.92 Å². The number of allylic oxidation sites excluding steroid dienone is 1. The maximum atomic E-state index is 8.66. The molecule has 0 saturated carbocycles. The van der Waals surface area contributed by atoms with Crippen molar-refractivity contribution in [3.05, 3.63) is 11.8 Å². The van der Waals surface area contributed by atoms with Crippen LogP contribution in [0.25, 0.3) is 0 Å². The number of aliphatic hydroxyl groups excluding tert-OH is 1.